The Morgan fingerprint density at radius 3 is 2.88 bits per heavy atom. The zero-order chi connectivity index (χ0) is 11.7. The van der Waals surface area contributed by atoms with Gasteiger partial charge >= 0.3 is 0 Å². The molecule has 0 aromatic heterocycles. The predicted molar refractivity (Wildman–Crippen MR) is 64.5 cm³/mol. The molecule has 2 saturated heterocycles. The molecule has 2 aliphatic heterocycles. The van der Waals surface area contributed by atoms with E-state index >= 15 is 0 Å². The van der Waals surface area contributed by atoms with E-state index in [1.54, 1.807) is 0 Å². The molecular formula is C14H17NO2. The minimum absolute atomic E-state index is 0.156. The Kier molecular flexibility index (Phi) is 2.95. The van der Waals surface area contributed by atoms with Crippen molar-refractivity contribution in [1.82, 2.24) is 4.90 Å². The van der Waals surface area contributed by atoms with Gasteiger partial charge in [-0.1, -0.05) is 30.3 Å². The first-order valence-corrected chi connectivity index (χ1v) is 6.25. The molecule has 0 radical (unpaired) electrons. The Bertz CT molecular complexity index is 404. The topological polar surface area (TPSA) is 29.5 Å². The number of fused-ring (bicyclic) bond motifs is 1. The SMILES string of the molecule is O=C1CCN2CO[C@H](c3ccccc3)C[C@@H]2C1. The van der Waals surface area contributed by atoms with Gasteiger partial charge in [-0.15, -0.1) is 0 Å². The summed E-state index contributed by atoms with van der Waals surface area (Å²) < 4.78 is 5.88. The average molecular weight is 231 g/mol. The van der Waals surface area contributed by atoms with Crippen molar-refractivity contribution in [1.29, 1.82) is 0 Å². The zero-order valence-corrected chi connectivity index (χ0v) is 9.84. The highest BCUT2D eigenvalue weighted by Crippen LogP contribution is 2.32. The number of hydrogen-bond acceptors (Lipinski definition) is 3. The molecule has 2 heterocycles. The second-order valence-corrected chi connectivity index (χ2v) is 4.89. The van der Waals surface area contributed by atoms with E-state index < -0.39 is 0 Å². The fourth-order valence-corrected chi connectivity index (χ4v) is 2.75. The second kappa shape index (κ2) is 4.59. The van der Waals surface area contributed by atoms with E-state index in [9.17, 15) is 4.79 Å². The van der Waals surface area contributed by atoms with E-state index in [0.29, 0.717) is 31.4 Å². The highest BCUT2D eigenvalue weighted by Gasteiger charge is 2.34. The average Bonchev–Trinajstić information content (AvgIpc) is 2.39. The van der Waals surface area contributed by atoms with E-state index in [4.69, 9.17) is 4.74 Å². The van der Waals surface area contributed by atoms with Crippen molar-refractivity contribution >= 4 is 5.78 Å². The lowest BCUT2D eigenvalue weighted by Crippen LogP contribution is -2.48. The summed E-state index contributed by atoms with van der Waals surface area (Å²) in [5, 5.41) is 0. The maximum atomic E-state index is 11.5. The van der Waals surface area contributed by atoms with Crippen LogP contribution in [0.5, 0.6) is 0 Å². The van der Waals surface area contributed by atoms with Crippen LogP contribution in [0, 0.1) is 0 Å². The summed E-state index contributed by atoms with van der Waals surface area (Å²) >= 11 is 0. The summed E-state index contributed by atoms with van der Waals surface area (Å²) in [6.07, 6.45) is 2.49. The Balaban J connectivity index is 1.72. The van der Waals surface area contributed by atoms with Gasteiger partial charge in [0.1, 0.15) is 12.5 Å². The van der Waals surface area contributed by atoms with Crippen molar-refractivity contribution in [2.45, 2.75) is 31.4 Å². The van der Waals surface area contributed by atoms with Gasteiger partial charge in [0.25, 0.3) is 0 Å². The maximum Gasteiger partial charge on any atom is 0.135 e. The molecule has 3 nitrogen and oxygen atoms in total. The van der Waals surface area contributed by atoms with E-state index in [-0.39, 0.29) is 6.10 Å². The molecule has 3 rings (SSSR count). The van der Waals surface area contributed by atoms with Crippen LogP contribution in [-0.2, 0) is 9.53 Å². The first-order valence-electron chi connectivity index (χ1n) is 6.25. The van der Waals surface area contributed by atoms with Crippen LogP contribution in [0.2, 0.25) is 0 Å². The van der Waals surface area contributed by atoms with Crippen molar-refractivity contribution in [3.8, 4) is 0 Å². The minimum Gasteiger partial charge on any atom is -0.358 e. The van der Waals surface area contributed by atoms with Crippen molar-refractivity contribution in [2.75, 3.05) is 13.3 Å². The van der Waals surface area contributed by atoms with Gasteiger partial charge in [0.05, 0.1) is 6.10 Å². The van der Waals surface area contributed by atoms with Crippen LogP contribution in [0.25, 0.3) is 0 Å². The number of piperidine rings is 1. The molecule has 17 heavy (non-hydrogen) atoms. The van der Waals surface area contributed by atoms with Gasteiger partial charge in [-0.25, -0.2) is 0 Å². The fourth-order valence-electron chi connectivity index (χ4n) is 2.75. The van der Waals surface area contributed by atoms with Gasteiger partial charge in [-0.05, 0) is 12.0 Å². The smallest absolute Gasteiger partial charge is 0.135 e. The van der Waals surface area contributed by atoms with Gasteiger partial charge in [0.15, 0.2) is 0 Å². The third-order valence-electron chi connectivity index (χ3n) is 3.76. The number of hydrogen-bond donors (Lipinski definition) is 0. The summed E-state index contributed by atoms with van der Waals surface area (Å²) in [7, 11) is 0. The quantitative estimate of drug-likeness (QED) is 0.741. The van der Waals surface area contributed by atoms with E-state index in [0.717, 1.165) is 13.0 Å². The Hall–Kier alpha value is -1.19. The van der Waals surface area contributed by atoms with Crippen LogP contribution in [0.15, 0.2) is 30.3 Å². The van der Waals surface area contributed by atoms with Gasteiger partial charge in [0, 0.05) is 25.4 Å². The van der Waals surface area contributed by atoms with Crippen molar-refractivity contribution < 1.29 is 9.53 Å². The molecule has 0 amide bonds. The molecule has 90 valence electrons. The number of ether oxygens (including phenoxy) is 1. The molecule has 0 aliphatic carbocycles. The number of Topliss-reactive ketones (excluding diaryl/α,β-unsaturated/α-hetero) is 1. The highest BCUT2D eigenvalue weighted by atomic mass is 16.5. The van der Waals surface area contributed by atoms with Gasteiger partial charge in [-0.3, -0.25) is 9.69 Å². The summed E-state index contributed by atoms with van der Waals surface area (Å²) in [6.45, 7) is 1.53. The third-order valence-corrected chi connectivity index (χ3v) is 3.76. The fraction of sp³-hybridized carbons (Fsp3) is 0.500. The van der Waals surface area contributed by atoms with Crippen LogP contribution < -0.4 is 0 Å². The predicted octanol–water partition coefficient (Wildman–Crippen LogP) is 2.14. The summed E-state index contributed by atoms with van der Waals surface area (Å²) in [6, 6.07) is 10.7. The first kappa shape index (κ1) is 10.9. The number of carbonyl (C=O) groups excluding carboxylic acids is 1. The largest absolute Gasteiger partial charge is 0.358 e. The van der Waals surface area contributed by atoms with Crippen molar-refractivity contribution in [3.05, 3.63) is 35.9 Å². The molecule has 1 aromatic rings. The Morgan fingerprint density at radius 1 is 1.24 bits per heavy atom. The Labute approximate surface area is 101 Å². The standard InChI is InChI=1S/C14H17NO2/c16-13-6-7-15-10-17-14(9-12(15)8-13)11-4-2-1-3-5-11/h1-5,12,14H,6-10H2/t12-,14-/m0/s1. The monoisotopic (exact) mass is 231 g/mol. The molecule has 0 saturated carbocycles. The number of carbonyl (C=O) groups is 1. The first-order chi connectivity index (χ1) is 8.33. The van der Waals surface area contributed by atoms with Gasteiger partial charge < -0.3 is 4.74 Å². The van der Waals surface area contributed by atoms with E-state index in [1.807, 2.05) is 18.2 Å². The molecule has 0 unspecified atom stereocenters. The molecule has 2 fully saturated rings. The molecule has 2 aliphatic rings. The van der Waals surface area contributed by atoms with E-state index in [2.05, 4.69) is 17.0 Å². The number of rotatable bonds is 1. The van der Waals surface area contributed by atoms with Crippen molar-refractivity contribution in [2.24, 2.45) is 0 Å². The lowest BCUT2D eigenvalue weighted by molar-refractivity contribution is -0.137. The third kappa shape index (κ3) is 2.26. The normalized spacial score (nSPS) is 30.0. The molecule has 2 atom stereocenters. The van der Waals surface area contributed by atoms with Crippen LogP contribution in [-0.4, -0.2) is 30.0 Å². The molecule has 1 aromatic carbocycles. The molecular weight excluding hydrogens is 214 g/mol. The van der Waals surface area contributed by atoms with E-state index in [1.165, 1.54) is 5.56 Å². The van der Waals surface area contributed by atoms with Gasteiger partial charge in [-0.2, -0.15) is 0 Å². The lowest BCUT2D eigenvalue weighted by atomic mass is 9.92. The van der Waals surface area contributed by atoms with Crippen LogP contribution >= 0.6 is 0 Å². The highest BCUT2D eigenvalue weighted by molar-refractivity contribution is 5.80. The number of nitrogens with zero attached hydrogens (tertiary/aromatic N) is 1. The second-order valence-electron chi connectivity index (χ2n) is 4.89. The van der Waals surface area contributed by atoms with Crippen molar-refractivity contribution in [3.63, 3.8) is 0 Å². The van der Waals surface area contributed by atoms with Crippen LogP contribution in [0.3, 0.4) is 0 Å². The summed E-state index contributed by atoms with van der Waals surface area (Å²) in [5.74, 6) is 0.403. The molecule has 0 spiro atoms. The molecule has 3 heteroatoms. The van der Waals surface area contributed by atoms with Crippen LogP contribution in [0.4, 0.5) is 0 Å². The summed E-state index contributed by atoms with van der Waals surface area (Å²) in [5.41, 5.74) is 1.23. The number of ketones is 1. The Morgan fingerprint density at radius 2 is 2.06 bits per heavy atom. The number of benzene rings is 1. The zero-order valence-electron chi connectivity index (χ0n) is 9.84. The lowest BCUT2D eigenvalue weighted by Gasteiger charge is -2.41. The molecule has 0 bridgehead atoms. The van der Waals surface area contributed by atoms with Crippen LogP contribution in [0.1, 0.15) is 30.9 Å². The summed E-state index contributed by atoms with van der Waals surface area (Å²) in [4.78, 5) is 13.8. The minimum atomic E-state index is 0.156. The maximum absolute atomic E-state index is 11.5. The molecule has 0 N–H and O–H groups in total. The van der Waals surface area contributed by atoms with Gasteiger partial charge in [0.2, 0.25) is 0 Å².